The predicted molar refractivity (Wildman–Crippen MR) is 63.9 cm³/mol. The van der Waals surface area contributed by atoms with Gasteiger partial charge in [-0.25, -0.2) is 0 Å². The molecule has 3 aliphatic carbocycles. The molecular formula is C14H20O4. The van der Waals surface area contributed by atoms with Gasteiger partial charge in [-0.15, -0.1) is 0 Å². The molecule has 0 aromatic heterocycles. The number of hydrogen-bond acceptors (Lipinski definition) is 2. The summed E-state index contributed by atoms with van der Waals surface area (Å²) < 4.78 is 0. The lowest BCUT2D eigenvalue weighted by Gasteiger charge is -2.41. The van der Waals surface area contributed by atoms with Gasteiger partial charge in [-0.2, -0.15) is 0 Å². The van der Waals surface area contributed by atoms with Crippen LogP contribution in [0.3, 0.4) is 0 Å². The van der Waals surface area contributed by atoms with Gasteiger partial charge in [-0.1, -0.05) is 25.7 Å². The number of aliphatic carboxylic acids is 2. The monoisotopic (exact) mass is 252 g/mol. The predicted octanol–water partition coefficient (Wildman–Crippen LogP) is 2.23. The van der Waals surface area contributed by atoms with Crippen molar-refractivity contribution in [1.29, 1.82) is 0 Å². The van der Waals surface area contributed by atoms with Crippen molar-refractivity contribution in [3.8, 4) is 0 Å². The van der Waals surface area contributed by atoms with Gasteiger partial charge in [0.1, 0.15) is 0 Å². The van der Waals surface area contributed by atoms with Crippen LogP contribution in [-0.4, -0.2) is 22.2 Å². The Kier molecular flexibility index (Phi) is 2.83. The van der Waals surface area contributed by atoms with E-state index in [0.717, 1.165) is 25.7 Å². The van der Waals surface area contributed by atoms with Gasteiger partial charge in [-0.05, 0) is 36.5 Å². The Hall–Kier alpha value is -1.06. The SMILES string of the molecule is O=C(O)C1C2CCCC3CCCC(C1C(=O)O)C32. The van der Waals surface area contributed by atoms with Crippen molar-refractivity contribution in [2.24, 2.45) is 35.5 Å². The van der Waals surface area contributed by atoms with Crippen LogP contribution in [0.2, 0.25) is 0 Å². The molecule has 100 valence electrons. The zero-order valence-electron chi connectivity index (χ0n) is 10.4. The van der Waals surface area contributed by atoms with Gasteiger partial charge in [0, 0.05) is 0 Å². The first kappa shape index (κ1) is 12.0. The molecule has 0 heterocycles. The second kappa shape index (κ2) is 4.25. The van der Waals surface area contributed by atoms with Gasteiger partial charge in [0.05, 0.1) is 11.8 Å². The van der Waals surface area contributed by atoms with Crippen molar-refractivity contribution in [2.75, 3.05) is 0 Å². The Morgan fingerprint density at radius 3 is 1.61 bits per heavy atom. The molecule has 0 saturated heterocycles. The summed E-state index contributed by atoms with van der Waals surface area (Å²) in [5, 5.41) is 18.9. The summed E-state index contributed by atoms with van der Waals surface area (Å²) in [6.45, 7) is 0. The molecule has 0 radical (unpaired) electrons. The molecule has 3 saturated carbocycles. The minimum Gasteiger partial charge on any atom is -0.481 e. The Bertz CT molecular complexity index is 344. The van der Waals surface area contributed by atoms with Crippen molar-refractivity contribution < 1.29 is 19.8 Å². The molecule has 4 unspecified atom stereocenters. The van der Waals surface area contributed by atoms with Crippen LogP contribution in [0.5, 0.6) is 0 Å². The van der Waals surface area contributed by atoms with Crippen LogP contribution in [0, 0.1) is 35.5 Å². The van der Waals surface area contributed by atoms with E-state index in [1.54, 1.807) is 0 Å². The third kappa shape index (κ3) is 1.57. The summed E-state index contributed by atoms with van der Waals surface area (Å²) in [5.41, 5.74) is 0. The van der Waals surface area contributed by atoms with E-state index in [4.69, 9.17) is 0 Å². The van der Waals surface area contributed by atoms with E-state index in [2.05, 4.69) is 0 Å². The fourth-order valence-electron chi connectivity index (χ4n) is 5.21. The normalized spacial score (nSPS) is 46.4. The fourth-order valence-corrected chi connectivity index (χ4v) is 5.21. The van der Waals surface area contributed by atoms with Gasteiger partial charge in [0.25, 0.3) is 0 Å². The molecule has 3 aliphatic rings. The number of carbonyl (C=O) groups is 2. The Morgan fingerprint density at radius 2 is 1.22 bits per heavy atom. The van der Waals surface area contributed by atoms with Crippen molar-refractivity contribution in [2.45, 2.75) is 38.5 Å². The fraction of sp³-hybridized carbons (Fsp3) is 0.857. The Morgan fingerprint density at radius 1 is 0.778 bits per heavy atom. The molecular weight excluding hydrogens is 232 g/mol. The average molecular weight is 252 g/mol. The number of rotatable bonds is 2. The van der Waals surface area contributed by atoms with Crippen LogP contribution >= 0.6 is 0 Å². The molecule has 18 heavy (non-hydrogen) atoms. The van der Waals surface area contributed by atoms with Crippen molar-refractivity contribution in [3.05, 3.63) is 0 Å². The number of carboxylic acids is 2. The minimum atomic E-state index is -0.887. The molecule has 0 aromatic rings. The number of hydrogen-bond donors (Lipinski definition) is 2. The lowest BCUT2D eigenvalue weighted by Crippen LogP contribution is -2.34. The molecule has 0 amide bonds. The smallest absolute Gasteiger partial charge is 0.307 e. The molecule has 4 atom stereocenters. The summed E-state index contributed by atoms with van der Waals surface area (Å²) >= 11 is 0. The highest BCUT2D eigenvalue weighted by atomic mass is 16.4. The van der Waals surface area contributed by atoms with Crippen LogP contribution in [0.15, 0.2) is 0 Å². The molecule has 0 spiro atoms. The molecule has 4 nitrogen and oxygen atoms in total. The van der Waals surface area contributed by atoms with Crippen LogP contribution in [-0.2, 0) is 9.59 Å². The molecule has 4 heteroatoms. The molecule has 0 bridgehead atoms. The summed E-state index contributed by atoms with van der Waals surface area (Å²) in [5.74, 6) is -1.86. The maximum atomic E-state index is 11.5. The second-order valence-corrected chi connectivity index (χ2v) is 6.25. The quantitative estimate of drug-likeness (QED) is 0.790. The summed E-state index contributed by atoms with van der Waals surface area (Å²) in [6, 6.07) is 0. The third-order valence-electron chi connectivity index (χ3n) is 5.64. The van der Waals surface area contributed by atoms with E-state index in [9.17, 15) is 19.8 Å². The first-order valence-electron chi connectivity index (χ1n) is 7.07. The van der Waals surface area contributed by atoms with E-state index in [0.29, 0.717) is 11.8 Å². The van der Waals surface area contributed by atoms with Gasteiger partial charge >= 0.3 is 11.9 Å². The Balaban J connectivity index is 1.99. The molecule has 0 aliphatic heterocycles. The van der Waals surface area contributed by atoms with Gasteiger partial charge in [0.15, 0.2) is 0 Å². The Labute approximate surface area is 106 Å². The second-order valence-electron chi connectivity index (χ2n) is 6.25. The zero-order valence-corrected chi connectivity index (χ0v) is 10.4. The van der Waals surface area contributed by atoms with E-state index < -0.39 is 23.8 Å². The standard InChI is InChI=1S/C14H20O4/c15-13(16)11-8-5-1-3-7-4-2-6-9(10(7)8)12(11)14(17)18/h7-12H,1-6H2,(H,15,16)(H,17,18). The minimum absolute atomic E-state index is 0.118. The van der Waals surface area contributed by atoms with Crippen LogP contribution in [0.4, 0.5) is 0 Å². The topological polar surface area (TPSA) is 74.6 Å². The third-order valence-corrected chi connectivity index (χ3v) is 5.64. The van der Waals surface area contributed by atoms with Crippen molar-refractivity contribution in [3.63, 3.8) is 0 Å². The summed E-state index contributed by atoms with van der Waals surface area (Å²) in [4.78, 5) is 23.0. The zero-order chi connectivity index (χ0) is 12.9. The first-order valence-corrected chi connectivity index (χ1v) is 7.07. The molecule has 2 N–H and O–H groups in total. The van der Waals surface area contributed by atoms with Crippen LogP contribution in [0.1, 0.15) is 38.5 Å². The number of carboxylic acid groups (broad SMARTS) is 2. The largest absolute Gasteiger partial charge is 0.481 e. The van der Waals surface area contributed by atoms with Gasteiger partial charge in [-0.3, -0.25) is 9.59 Å². The van der Waals surface area contributed by atoms with E-state index >= 15 is 0 Å². The summed E-state index contributed by atoms with van der Waals surface area (Å²) in [6.07, 6.45) is 6.34. The van der Waals surface area contributed by atoms with Crippen molar-refractivity contribution >= 4 is 11.9 Å². The van der Waals surface area contributed by atoms with Crippen molar-refractivity contribution in [1.82, 2.24) is 0 Å². The average Bonchev–Trinajstić information content (AvgIpc) is 2.67. The lowest BCUT2D eigenvalue weighted by atomic mass is 9.64. The highest BCUT2D eigenvalue weighted by molar-refractivity contribution is 5.81. The van der Waals surface area contributed by atoms with Crippen LogP contribution < -0.4 is 0 Å². The maximum absolute atomic E-state index is 11.5. The van der Waals surface area contributed by atoms with E-state index in [1.165, 1.54) is 12.8 Å². The van der Waals surface area contributed by atoms with E-state index in [1.807, 2.05) is 0 Å². The lowest BCUT2D eigenvalue weighted by molar-refractivity contribution is -0.154. The van der Waals surface area contributed by atoms with Gasteiger partial charge in [0.2, 0.25) is 0 Å². The molecule has 0 aromatic carbocycles. The summed E-state index contributed by atoms with van der Waals surface area (Å²) in [7, 11) is 0. The molecule has 3 fully saturated rings. The highest BCUT2D eigenvalue weighted by Gasteiger charge is 2.59. The first-order chi connectivity index (χ1) is 8.61. The van der Waals surface area contributed by atoms with Crippen LogP contribution in [0.25, 0.3) is 0 Å². The van der Waals surface area contributed by atoms with Gasteiger partial charge < -0.3 is 10.2 Å². The molecule has 3 rings (SSSR count). The van der Waals surface area contributed by atoms with E-state index in [-0.39, 0.29) is 11.8 Å². The maximum Gasteiger partial charge on any atom is 0.307 e. The highest BCUT2D eigenvalue weighted by Crippen LogP contribution is 2.59.